The summed E-state index contributed by atoms with van der Waals surface area (Å²) in [5.41, 5.74) is -0.0275. The first kappa shape index (κ1) is 11.9. The number of hydrogen-bond donors (Lipinski definition) is 0. The van der Waals surface area contributed by atoms with Gasteiger partial charge in [0.15, 0.2) is 0 Å². The maximum absolute atomic E-state index is 5.38. The topological polar surface area (TPSA) is 12.5 Å². The third-order valence-electron chi connectivity index (χ3n) is 2.27. The van der Waals surface area contributed by atoms with Gasteiger partial charge in [0.25, 0.3) is 0 Å². The van der Waals surface area contributed by atoms with Gasteiger partial charge in [-0.25, -0.2) is 0 Å². The summed E-state index contributed by atoms with van der Waals surface area (Å²) in [5.74, 6) is 0. The van der Waals surface area contributed by atoms with Crippen molar-refractivity contribution in [1.82, 2.24) is 4.90 Å². The maximum atomic E-state index is 5.38. The number of nitrogens with zero attached hydrogens (tertiary/aromatic N) is 1. The summed E-state index contributed by atoms with van der Waals surface area (Å²) in [6.45, 7) is 13.0. The van der Waals surface area contributed by atoms with Gasteiger partial charge >= 0.3 is 0 Å². The van der Waals surface area contributed by atoms with Crippen LogP contribution in [0, 0.1) is 0 Å². The highest BCUT2D eigenvalue weighted by Crippen LogP contribution is 2.11. The third-order valence-corrected chi connectivity index (χ3v) is 2.27. The molecule has 2 nitrogen and oxygen atoms in total. The molecule has 2 heteroatoms. The molecule has 0 saturated heterocycles. The fraction of sp³-hybridized carbons (Fsp3) is 1.00. The molecule has 0 aliphatic carbocycles. The van der Waals surface area contributed by atoms with Crippen molar-refractivity contribution in [2.45, 2.75) is 46.3 Å². The van der Waals surface area contributed by atoms with E-state index in [4.69, 9.17) is 4.74 Å². The maximum Gasteiger partial charge on any atom is 0.0749 e. The van der Waals surface area contributed by atoms with Crippen molar-refractivity contribution in [1.29, 1.82) is 0 Å². The second-order valence-corrected chi connectivity index (χ2v) is 4.12. The smallest absolute Gasteiger partial charge is 0.0749 e. The molecule has 0 aromatic rings. The van der Waals surface area contributed by atoms with Gasteiger partial charge in [-0.05, 0) is 34.2 Å². The van der Waals surface area contributed by atoms with E-state index >= 15 is 0 Å². The van der Waals surface area contributed by atoms with Gasteiger partial charge < -0.3 is 4.74 Å². The zero-order chi connectivity index (χ0) is 9.78. The fourth-order valence-electron chi connectivity index (χ4n) is 1.21. The van der Waals surface area contributed by atoms with Gasteiger partial charge in [0, 0.05) is 19.7 Å². The highest BCUT2D eigenvalue weighted by atomic mass is 16.5. The lowest BCUT2D eigenvalue weighted by Gasteiger charge is -2.33. The molecule has 0 atom stereocenters. The van der Waals surface area contributed by atoms with Crippen molar-refractivity contribution in [2.75, 3.05) is 20.2 Å². The second kappa shape index (κ2) is 4.83. The van der Waals surface area contributed by atoms with Gasteiger partial charge in [0.2, 0.25) is 0 Å². The molecule has 12 heavy (non-hydrogen) atoms. The van der Waals surface area contributed by atoms with Crippen LogP contribution in [-0.2, 0) is 4.74 Å². The molecule has 0 fully saturated rings. The Morgan fingerprint density at radius 2 is 1.83 bits per heavy atom. The molecule has 0 unspecified atom stereocenters. The van der Waals surface area contributed by atoms with Crippen LogP contribution >= 0.6 is 0 Å². The van der Waals surface area contributed by atoms with Crippen LogP contribution in [0.5, 0.6) is 0 Å². The minimum absolute atomic E-state index is 0.0275. The highest BCUT2D eigenvalue weighted by Gasteiger charge is 2.21. The van der Waals surface area contributed by atoms with E-state index in [0.29, 0.717) is 6.04 Å². The van der Waals surface area contributed by atoms with E-state index in [-0.39, 0.29) is 5.60 Å². The normalized spacial score (nSPS) is 13.0. The Bertz CT molecular complexity index is 121. The van der Waals surface area contributed by atoms with Gasteiger partial charge in [0.1, 0.15) is 0 Å². The molecule has 0 saturated carbocycles. The molecule has 0 N–H and O–H groups in total. The Labute approximate surface area is 76.9 Å². The van der Waals surface area contributed by atoms with E-state index in [1.165, 1.54) is 0 Å². The van der Waals surface area contributed by atoms with Crippen molar-refractivity contribution in [3.8, 4) is 0 Å². The molecule has 0 spiro atoms. The molecular weight excluding hydrogens is 150 g/mol. The van der Waals surface area contributed by atoms with E-state index < -0.39 is 0 Å². The standard InChI is InChI=1S/C10H23NO/c1-7-11(9(2)3)8-10(4,5)12-6/h9H,7-8H2,1-6H3. The van der Waals surface area contributed by atoms with Crippen LogP contribution in [0.2, 0.25) is 0 Å². The van der Waals surface area contributed by atoms with E-state index in [0.717, 1.165) is 13.1 Å². The first-order valence-corrected chi connectivity index (χ1v) is 4.72. The molecule has 0 aromatic heterocycles. The first-order chi connectivity index (χ1) is 5.43. The minimum atomic E-state index is -0.0275. The summed E-state index contributed by atoms with van der Waals surface area (Å²) >= 11 is 0. The molecule has 0 rings (SSSR count). The van der Waals surface area contributed by atoms with E-state index in [2.05, 4.69) is 39.5 Å². The lowest BCUT2D eigenvalue weighted by atomic mass is 10.1. The van der Waals surface area contributed by atoms with E-state index in [1.54, 1.807) is 7.11 Å². The molecule has 0 aromatic carbocycles. The fourth-order valence-corrected chi connectivity index (χ4v) is 1.21. The van der Waals surface area contributed by atoms with Crippen LogP contribution in [0.3, 0.4) is 0 Å². The monoisotopic (exact) mass is 173 g/mol. The van der Waals surface area contributed by atoms with Crippen molar-refractivity contribution < 1.29 is 4.74 Å². The molecule has 0 heterocycles. The zero-order valence-electron chi connectivity index (χ0n) is 9.35. The molecule has 0 bridgehead atoms. The Balaban J connectivity index is 4.01. The highest BCUT2D eigenvalue weighted by molar-refractivity contribution is 4.75. The van der Waals surface area contributed by atoms with Crippen molar-refractivity contribution in [3.63, 3.8) is 0 Å². The summed E-state index contributed by atoms with van der Waals surface area (Å²) in [4.78, 5) is 2.41. The summed E-state index contributed by atoms with van der Waals surface area (Å²) in [5, 5.41) is 0. The summed E-state index contributed by atoms with van der Waals surface area (Å²) < 4.78 is 5.38. The van der Waals surface area contributed by atoms with Crippen LogP contribution in [0.25, 0.3) is 0 Å². The number of rotatable bonds is 5. The Morgan fingerprint density at radius 1 is 1.33 bits per heavy atom. The van der Waals surface area contributed by atoms with E-state index in [9.17, 15) is 0 Å². The van der Waals surface area contributed by atoms with Gasteiger partial charge in [-0.15, -0.1) is 0 Å². The molecule has 0 aliphatic heterocycles. The van der Waals surface area contributed by atoms with Crippen LogP contribution < -0.4 is 0 Å². The van der Waals surface area contributed by atoms with Gasteiger partial charge in [-0.1, -0.05) is 6.92 Å². The minimum Gasteiger partial charge on any atom is -0.377 e. The SMILES string of the molecule is CCN(CC(C)(C)OC)C(C)C. The Morgan fingerprint density at radius 3 is 2.08 bits per heavy atom. The Kier molecular flexibility index (Phi) is 4.80. The van der Waals surface area contributed by atoms with Crippen LogP contribution in [-0.4, -0.2) is 36.7 Å². The number of likely N-dealkylation sites (N-methyl/N-ethyl adjacent to an activating group) is 1. The van der Waals surface area contributed by atoms with Gasteiger partial charge in [-0.3, -0.25) is 4.90 Å². The quantitative estimate of drug-likeness (QED) is 0.631. The summed E-state index contributed by atoms with van der Waals surface area (Å²) in [6, 6.07) is 0.601. The third kappa shape index (κ3) is 4.07. The second-order valence-electron chi connectivity index (χ2n) is 4.12. The number of ether oxygens (including phenoxy) is 1. The molecule has 0 radical (unpaired) electrons. The van der Waals surface area contributed by atoms with Crippen molar-refractivity contribution >= 4 is 0 Å². The van der Waals surface area contributed by atoms with Gasteiger partial charge in [0.05, 0.1) is 5.60 Å². The molecule has 74 valence electrons. The lowest BCUT2D eigenvalue weighted by molar-refractivity contribution is -0.0132. The number of hydrogen-bond acceptors (Lipinski definition) is 2. The van der Waals surface area contributed by atoms with Crippen molar-refractivity contribution in [2.24, 2.45) is 0 Å². The van der Waals surface area contributed by atoms with Crippen LogP contribution in [0.4, 0.5) is 0 Å². The molecule has 0 aliphatic rings. The summed E-state index contributed by atoms with van der Waals surface area (Å²) in [7, 11) is 1.77. The molecular formula is C10H23NO. The van der Waals surface area contributed by atoms with Gasteiger partial charge in [-0.2, -0.15) is 0 Å². The first-order valence-electron chi connectivity index (χ1n) is 4.72. The van der Waals surface area contributed by atoms with Crippen LogP contribution in [0.15, 0.2) is 0 Å². The largest absolute Gasteiger partial charge is 0.377 e. The predicted molar refractivity (Wildman–Crippen MR) is 53.5 cm³/mol. The zero-order valence-corrected chi connectivity index (χ0v) is 9.35. The average molecular weight is 173 g/mol. The van der Waals surface area contributed by atoms with E-state index in [1.807, 2.05) is 0 Å². The predicted octanol–water partition coefficient (Wildman–Crippen LogP) is 2.14. The number of methoxy groups -OCH3 is 1. The summed E-state index contributed by atoms with van der Waals surface area (Å²) in [6.07, 6.45) is 0. The van der Waals surface area contributed by atoms with Crippen molar-refractivity contribution in [3.05, 3.63) is 0 Å². The van der Waals surface area contributed by atoms with Crippen LogP contribution in [0.1, 0.15) is 34.6 Å². The average Bonchev–Trinajstić information content (AvgIpc) is 2.00. The molecule has 0 amide bonds. The Hall–Kier alpha value is -0.0800. The lowest BCUT2D eigenvalue weighted by Crippen LogP contribution is -2.43.